The minimum Gasteiger partial charge on any atom is -0.381 e. The van der Waals surface area contributed by atoms with Crippen LogP contribution >= 0.6 is 0 Å². The highest BCUT2D eigenvalue weighted by molar-refractivity contribution is 5.99. The van der Waals surface area contributed by atoms with Crippen molar-refractivity contribution in [3.8, 4) is 11.3 Å². The Morgan fingerprint density at radius 2 is 1.96 bits per heavy atom. The number of rotatable bonds is 4. The van der Waals surface area contributed by atoms with Crippen molar-refractivity contribution in [2.45, 2.75) is 18.9 Å². The number of aromatic amines is 1. The maximum atomic E-state index is 13.6. The van der Waals surface area contributed by atoms with E-state index >= 15 is 0 Å². The van der Waals surface area contributed by atoms with Gasteiger partial charge in [0.2, 0.25) is 0 Å². The van der Waals surface area contributed by atoms with Gasteiger partial charge in [0.1, 0.15) is 11.6 Å². The van der Waals surface area contributed by atoms with E-state index in [1.165, 1.54) is 30.5 Å². The molecule has 2 aromatic carbocycles. The molecule has 1 saturated heterocycles. The van der Waals surface area contributed by atoms with Gasteiger partial charge in [-0.1, -0.05) is 12.1 Å². The molecule has 0 unspecified atom stereocenters. The molecule has 7 heteroatoms. The summed E-state index contributed by atoms with van der Waals surface area (Å²) in [5, 5.41) is 10.2. The van der Waals surface area contributed by atoms with Crippen molar-refractivity contribution >= 4 is 11.6 Å². The Kier molecular flexibility index (Phi) is 5.06. The van der Waals surface area contributed by atoms with Gasteiger partial charge in [-0.3, -0.25) is 9.89 Å². The first-order valence-electron chi connectivity index (χ1n) is 9.21. The molecule has 1 fully saturated rings. The van der Waals surface area contributed by atoms with Crippen molar-refractivity contribution < 1.29 is 13.6 Å². The molecule has 1 amide bonds. The van der Waals surface area contributed by atoms with Crippen LogP contribution in [0.4, 0.5) is 14.5 Å². The molecule has 2 N–H and O–H groups in total. The van der Waals surface area contributed by atoms with Crippen molar-refractivity contribution in [2.24, 2.45) is 0 Å². The van der Waals surface area contributed by atoms with E-state index in [1.807, 2.05) is 0 Å². The molecular weight excluding hydrogens is 362 g/mol. The van der Waals surface area contributed by atoms with E-state index in [9.17, 15) is 13.6 Å². The molecule has 1 aliphatic heterocycles. The van der Waals surface area contributed by atoms with E-state index < -0.39 is 0 Å². The summed E-state index contributed by atoms with van der Waals surface area (Å²) >= 11 is 0. The summed E-state index contributed by atoms with van der Waals surface area (Å²) in [5.74, 6) is -0.790. The van der Waals surface area contributed by atoms with Crippen molar-refractivity contribution in [3.63, 3.8) is 0 Å². The first kappa shape index (κ1) is 18.2. The second-order valence-corrected chi connectivity index (χ2v) is 6.91. The van der Waals surface area contributed by atoms with Gasteiger partial charge in [0.25, 0.3) is 5.91 Å². The molecule has 3 aromatic rings. The number of hydrogen-bond acceptors (Lipinski definition) is 3. The fourth-order valence-corrected chi connectivity index (χ4v) is 3.54. The maximum absolute atomic E-state index is 13.6. The lowest BCUT2D eigenvalue weighted by Gasteiger charge is -2.33. The summed E-state index contributed by atoms with van der Waals surface area (Å²) in [7, 11) is 0. The number of H-pyrrole nitrogens is 1. The molecule has 1 aliphatic rings. The van der Waals surface area contributed by atoms with Crippen molar-refractivity contribution in [1.29, 1.82) is 0 Å². The molecule has 4 rings (SSSR count). The van der Waals surface area contributed by atoms with E-state index in [4.69, 9.17) is 0 Å². The van der Waals surface area contributed by atoms with Gasteiger partial charge in [-0.15, -0.1) is 0 Å². The number of hydrogen-bond donors (Lipinski definition) is 2. The fourth-order valence-electron chi connectivity index (χ4n) is 3.54. The average Bonchev–Trinajstić information content (AvgIpc) is 3.19. The van der Waals surface area contributed by atoms with Gasteiger partial charge < -0.3 is 10.2 Å². The number of benzene rings is 2. The van der Waals surface area contributed by atoms with Crippen molar-refractivity contribution in [3.05, 3.63) is 71.9 Å². The number of carbonyl (C=O) groups excluding carboxylic acids is 1. The summed E-state index contributed by atoms with van der Waals surface area (Å²) in [6.45, 7) is 1.18. The van der Waals surface area contributed by atoms with Crippen molar-refractivity contribution in [1.82, 2.24) is 15.1 Å². The van der Waals surface area contributed by atoms with Crippen LogP contribution in [-0.2, 0) is 0 Å². The van der Waals surface area contributed by atoms with Gasteiger partial charge in [0.05, 0.1) is 17.5 Å². The SMILES string of the molecule is O=C(c1cn[nH]c1-c1cccc(F)c1)N1CCC[C@H](Nc2ccc(F)cc2)C1. The maximum Gasteiger partial charge on any atom is 0.257 e. The Morgan fingerprint density at radius 3 is 2.75 bits per heavy atom. The summed E-state index contributed by atoms with van der Waals surface area (Å²) in [5.41, 5.74) is 2.34. The minimum atomic E-state index is -0.368. The second kappa shape index (κ2) is 7.80. The Hall–Kier alpha value is -3.22. The van der Waals surface area contributed by atoms with Crippen LogP contribution in [0.2, 0.25) is 0 Å². The largest absolute Gasteiger partial charge is 0.381 e. The lowest BCUT2D eigenvalue weighted by Crippen LogP contribution is -2.45. The molecule has 0 bridgehead atoms. The molecule has 5 nitrogen and oxygen atoms in total. The zero-order valence-electron chi connectivity index (χ0n) is 15.2. The fraction of sp³-hybridized carbons (Fsp3) is 0.238. The molecule has 144 valence electrons. The van der Waals surface area contributed by atoms with E-state index in [2.05, 4.69) is 15.5 Å². The first-order valence-corrected chi connectivity index (χ1v) is 9.21. The molecule has 0 radical (unpaired) electrons. The Morgan fingerprint density at radius 1 is 1.14 bits per heavy atom. The van der Waals surface area contributed by atoms with Gasteiger partial charge in [-0.25, -0.2) is 8.78 Å². The normalized spacial score (nSPS) is 16.8. The van der Waals surface area contributed by atoms with Crippen LogP contribution in [0, 0.1) is 11.6 Å². The number of aromatic nitrogens is 2. The quantitative estimate of drug-likeness (QED) is 0.715. The lowest BCUT2D eigenvalue weighted by atomic mass is 10.0. The predicted molar refractivity (Wildman–Crippen MR) is 103 cm³/mol. The molecule has 1 aromatic heterocycles. The number of nitrogens with one attached hydrogen (secondary N) is 2. The third-order valence-corrected chi connectivity index (χ3v) is 4.91. The van der Waals surface area contributed by atoms with Crippen LogP contribution in [0.1, 0.15) is 23.2 Å². The zero-order valence-corrected chi connectivity index (χ0v) is 15.2. The van der Waals surface area contributed by atoms with E-state index in [1.54, 1.807) is 29.2 Å². The predicted octanol–water partition coefficient (Wildman–Crippen LogP) is 4.07. The van der Waals surface area contributed by atoms with E-state index in [0.717, 1.165) is 18.5 Å². The number of likely N-dealkylation sites (tertiary alicyclic amines) is 1. The molecule has 0 spiro atoms. The highest BCUT2D eigenvalue weighted by Gasteiger charge is 2.27. The van der Waals surface area contributed by atoms with Gasteiger partial charge >= 0.3 is 0 Å². The zero-order chi connectivity index (χ0) is 19.5. The minimum absolute atomic E-state index is 0.0766. The number of halogens is 2. The number of anilines is 1. The molecular formula is C21H20F2N4O. The Bertz CT molecular complexity index is 971. The van der Waals surface area contributed by atoms with E-state index in [0.29, 0.717) is 29.9 Å². The number of carbonyl (C=O) groups is 1. The van der Waals surface area contributed by atoms with Gasteiger partial charge in [-0.05, 0) is 49.2 Å². The summed E-state index contributed by atoms with van der Waals surface area (Å²) < 4.78 is 26.6. The van der Waals surface area contributed by atoms with Crippen LogP contribution < -0.4 is 5.32 Å². The second-order valence-electron chi connectivity index (χ2n) is 6.91. The smallest absolute Gasteiger partial charge is 0.257 e. The van der Waals surface area contributed by atoms with Crippen LogP contribution in [0.25, 0.3) is 11.3 Å². The van der Waals surface area contributed by atoms with Gasteiger partial charge in [0.15, 0.2) is 0 Å². The Labute approximate surface area is 161 Å². The third-order valence-electron chi connectivity index (χ3n) is 4.91. The topological polar surface area (TPSA) is 61.0 Å². The number of nitrogens with zero attached hydrogens (tertiary/aromatic N) is 2. The van der Waals surface area contributed by atoms with Crippen LogP contribution in [0.3, 0.4) is 0 Å². The van der Waals surface area contributed by atoms with Crippen LogP contribution in [-0.4, -0.2) is 40.1 Å². The molecule has 0 aliphatic carbocycles. The highest BCUT2D eigenvalue weighted by atomic mass is 19.1. The van der Waals surface area contributed by atoms with Crippen LogP contribution in [0.5, 0.6) is 0 Å². The molecule has 0 saturated carbocycles. The van der Waals surface area contributed by atoms with Crippen molar-refractivity contribution in [2.75, 3.05) is 18.4 Å². The van der Waals surface area contributed by atoms with E-state index in [-0.39, 0.29) is 23.6 Å². The average molecular weight is 382 g/mol. The molecule has 1 atom stereocenters. The summed E-state index contributed by atoms with van der Waals surface area (Å²) in [4.78, 5) is 14.9. The first-order chi connectivity index (χ1) is 13.6. The molecule has 28 heavy (non-hydrogen) atoms. The highest BCUT2D eigenvalue weighted by Crippen LogP contribution is 2.25. The van der Waals surface area contributed by atoms with Gasteiger partial charge in [-0.2, -0.15) is 5.10 Å². The monoisotopic (exact) mass is 382 g/mol. The lowest BCUT2D eigenvalue weighted by molar-refractivity contribution is 0.0715. The summed E-state index contributed by atoms with van der Waals surface area (Å²) in [6.07, 6.45) is 3.26. The third kappa shape index (κ3) is 3.88. The van der Waals surface area contributed by atoms with Crippen LogP contribution in [0.15, 0.2) is 54.7 Å². The number of piperidine rings is 1. The summed E-state index contributed by atoms with van der Waals surface area (Å²) in [6, 6.07) is 12.3. The standard InChI is InChI=1S/C21H20F2N4O/c22-15-6-8-17(9-7-15)25-18-5-2-10-27(13-18)21(28)19-12-24-26-20(19)14-3-1-4-16(23)11-14/h1,3-4,6-9,11-12,18,25H,2,5,10,13H2,(H,24,26)/t18-/m0/s1. The van der Waals surface area contributed by atoms with Gasteiger partial charge in [0, 0.05) is 30.4 Å². The number of amides is 1. The Balaban J connectivity index is 1.49. The molecule has 2 heterocycles.